The van der Waals surface area contributed by atoms with Crippen LogP contribution in [0.1, 0.15) is 34.0 Å². The van der Waals surface area contributed by atoms with Crippen LogP contribution in [0.4, 0.5) is 14.5 Å². The summed E-state index contributed by atoms with van der Waals surface area (Å²) < 4.78 is 61.5. The topological polar surface area (TPSA) is 98.3 Å². The summed E-state index contributed by atoms with van der Waals surface area (Å²) in [5.41, 5.74) is 2.45. The van der Waals surface area contributed by atoms with Gasteiger partial charge in [-0.2, -0.15) is 0 Å². The predicted octanol–water partition coefficient (Wildman–Crippen LogP) is 4.85. The summed E-state index contributed by atoms with van der Waals surface area (Å²) in [5.74, 6) is -1.68. The van der Waals surface area contributed by atoms with Crippen molar-refractivity contribution in [3.63, 3.8) is 0 Å². The van der Waals surface area contributed by atoms with Crippen LogP contribution in [-0.2, 0) is 28.4 Å². The SMILES string of the molecule is Cc1cc(S(=O)(=O)Cc2ccc(F)c(Cc3ncccc3-c3ncnc4c3N=CC4)c2F)c(C)o1. The van der Waals surface area contributed by atoms with Crippen LogP contribution in [-0.4, -0.2) is 29.6 Å². The highest BCUT2D eigenvalue weighted by Gasteiger charge is 2.26. The van der Waals surface area contributed by atoms with Crippen LogP contribution in [0, 0.1) is 25.5 Å². The number of fused-ring (bicyclic) bond motifs is 1. The molecule has 4 aromatic rings. The van der Waals surface area contributed by atoms with Crippen molar-refractivity contribution in [1.82, 2.24) is 15.0 Å². The third-order valence-corrected chi connectivity index (χ3v) is 7.60. The number of sulfone groups is 1. The first kappa shape index (κ1) is 23.0. The Hall–Kier alpha value is -3.79. The van der Waals surface area contributed by atoms with Crippen molar-refractivity contribution in [3.05, 3.63) is 88.5 Å². The van der Waals surface area contributed by atoms with E-state index in [0.29, 0.717) is 34.8 Å². The fourth-order valence-corrected chi connectivity index (χ4v) is 5.81. The van der Waals surface area contributed by atoms with Gasteiger partial charge >= 0.3 is 0 Å². The maximum absolute atomic E-state index is 15.5. The Morgan fingerprint density at radius 3 is 2.69 bits per heavy atom. The van der Waals surface area contributed by atoms with Crippen molar-refractivity contribution >= 4 is 21.7 Å². The van der Waals surface area contributed by atoms with Crippen LogP contribution in [0.3, 0.4) is 0 Å². The molecule has 0 unspecified atom stereocenters. The molecule has 0 radical (unpaired) electrons. The first-order chi connectivity index (χ1) is 16.7. The number of furan rings is 1. The molecule has 0 atom stereocenters. The van der Waals surface area contributed by atoms with Crippen LogP contribution in [0.15, 0.2) is 57.2 Å². The third kappa shape index (κ3) is 4.25. The smallest absolute Gasteiger partial charge is 0.186 e. The number of aliphatic imine (C=N–C) groups is 1. The Balaban J connectivity index is 1.53. The average molecular weight is 495 g/mol. The van der Waals surface area contributed by atoms with Gasteiger partial charge in [-0.15, -0.1) is 0 Å². The molecule has 0 saturated heterocycles. The van der Waals surface area contributed by atoms with Gasteiger partial charge in [-0.05, 0) is 38.1 Å². The summed E-state index contributed by atoms with van der Waals surface area (Å²) in [4.78, 5) is 17.3. The minimum Gasteiger partial charge on any atom is -0.465 e. The van der Waals surface area contributed by atoms with E-state index in [1.165, 1.54) is 25.5 Å². The van der Waals surface area contributed by atoms with Gasteiger partial charge < -0.3 is 4.42 Å². The predicted molar refractivity (Wildman–Crippen MR) is 125 cm³/mol. The van der Waals surface area contributed by atoms with Crippen molar-refractivity contribution in [2.45, 2.75) is 37.3 Å². The molecule has 0 bridgehead atoms. The van der Waals surface area contributed by atoms with Crippen molar-refractivity contribution < 1.29 is 21.6 Å². The Bertz CT molecular complexity index is 1600. The van der Waals surface area contributed by atoms with E-state index >= 15 is 4.39 Å². The van der Waals surface area contributed by atoms with Crippen molar-refractivity contribution in [2.75, 3.05) is 0 Å². The van der Waals surface area contributed by atoms with Gasteiger partial charge in [0, 0.05) is 41.9 Å². The normalized spacial score (nSPS) is 12.8. The highest BCUT2D eigenvalue weighted by atomic mass is 32.2. The molecule has 35 heavy (non-hydrogen) atoms. The van der Waals surface area contributed by atoms with Crippen molar-refractivity contribution in [1.29, 1.82) is 0 Å². The van der Waals surface area contributed by atoms with E-state index in [9.17, 15) is 12.8 Å². The van der Waals surface area contributed by atoms with Gasteiger partial charge in [0.1, 0.15) is 45.8 Å². The molecule has 0 aliphatic carbocycles. The molecule has 3 aromatic heterocycles. The average Bonchev–Trinajstić information content (AvgIpc) is 3.45. The number of pyridine rings is 1. The van der Waals surface area contributed by atoms with Gasteiger partial charge in [-0.1, -0.05) is 6.07 Å². The van der Waals surface area contributed by atoms with E-state index in [1.807, 2.05) is 0 Å². The maximum Gasteiger partial charge on any atom is 0.186 e. The molecule has 1 aromatic carbocycles. The van der Waals surface area contributed by atoms with Gasteiger partial charge in [0.05, 0.1) is 17.1 Å². The van der Waals surface area contributed by atoms with Crippen LogP contribution in [0.25, 0.3) is 11.3 Å². The van der Waals surface area contributed by atoms with Crippen LogP contribution < -0.4 is 0 Å². The van der Waals surface area contributed by atoms with Crippen molar-refractivity contribution in [2.24, 2.45) is 4.99 Å². The molecule has 0 fully saturated rings. The first-order valence-electron chi connectivity index (χ1n) is 10.8. The molecule has 7 nitrogen and oxygen atoms in total. The molecule has 10 heteroatoms. The van der Waals surface area contributed by atoms with E-state index in [4.69, 9.17) is 4.42 Å². The number of nitrogens with zero attached hydrogens (tertiary/aromatic N) is 4. The van der Waals surface area contributed by atoms with Crippen LogP contribution in [0.5, 0.6) is 0 Å². The number of hydrogen-bond acceptors (Lipinski definition) is 7. The Morgan fingerprint density at radius 1 is 1.09 bits per heavy atom. The number of aryl methyl sites for hydroxylation is 2. The number of rotatable bonds is 6. The van der Waals surface area contributed by atoms with E-state index in [-0.39, 0.29) is 28.2 Å². The maximum atomic E-state index is 15.5. The van der Waals surface area contributed by atoms with Gasteiger partial charge in [0.25, 0.3) is 0 Å². The standard InChI is InChI=1S/C25H20F2N4O3S/c1-14-10-22(15(2)34-14)35(32,33)12-16-5-6-19(26)18(23(16)27)11-21-17(4-3-8-28-21)24-25-20(7-9-29-25)30-13-31-24/h3-6,8-10,13H,7,11-12H2,1-2H3. The molecular formula is C25H20F2N4O3S. The van der Waals surface area contributed by atoms with E-state index < -0.39 is 27.2 Å². The van der Waals surface area contributed by atoms with E-state index in [0.717, 1.165) is 17.8 Å². The van der Waals surface area contributed by atoms with Crippen LogP contribution >= 0.6 is 0 Å². The highest BCUT2D eigenvalue weighted by Crippen LogP contribution is 2.35. The molecule has 0 amide bonds. The van der Waals surface area contributed by atoms with E-state index in [2.05, 4.69) is 19.9 Å². The highest BCUT2D eigenvalue weighted by molar-refractivity contribution is 7.90. The molecular weight excluding hydrogens is 474 g/mol. The lowest BCUT2D eigenvalue weighted by atomic mass is 9.99. The van der Waals surface area contributed by atoms with Crippen LogP contribution in [0.2, 0.25) is 0 Å². The Labute approximate surface area is 200 Å². The second-order valence-electron chi connectivity index (χ2n) is 8.24. The zero-order valence-corrected chi connectivity index (χ0v) is 19.7. The molecule has 1 aliphatic heterocycles. The van der Waals surface area contributed by atoms with Gasteiger partial charge in [-0.25, -0.2) is 27.2 Å². The lowest BCUT2D eigenvalue weighted by Gasteiger charge is -2.13. The molecule has 178 valence electrons. The largest absolute Gasteiger partial charge is 0.465 e. The Kier molecular flexibility index (Phi) is 5.76. The quantitative estimate of drug-likeness (QED) is 0.380. The molecule has 1 aliphatic rings. The molecule has 4 heterocycles. The van der Waals surface area contributed by atoms with E-state index in [1.54, 1.807) is 25.3 Å². The lowest BCUT2D eigenvalue weighted by Crippen LogP contribution is -2.10. The second kappa shape index (κ2) is 8.77. The molecule has 5 rings (SSSR count). The zero-order valence-electron chi connectivity index (χ0n) is 18.9. The number of hydrogen-bond donors (Lipinski definition) is 0. The van der Waals surface area contributed by atoms with Gasteiger partial charge in [-0.3, -0.25) is 9.98 Å². The monoisotopic (exact) mass is 494 g/mol. The summed E-state index contributed by atoms with van der Waals surface area (Å²) in [6.07, 6.45) is 5.05. The van der Waals surface area contributed by atoms with Gasteiger partial charge in [0.2, 0.25) is 0 Å². The molecule has 0 saturated carbocycles. The number of aromatic nitrogens is 3. The zero-order chi connectivity index (χ0) is 24.7. The summed E-state index contributed by atoms with van der Waals surface area (Å²) in [6.45, 7) is 3.16. The first-order valence-corrected chi connectivity index (χ1v) is 12.5. The minimum atomic E-state index is -3.91. The third-order valence-electron chi connectivity index (χ3n) is 5.83. The summed E-state index contributed by atoms with van der Waals surface area (Å²) >= 11 is 0. The summed E-state index contributed by atoms with van der Waals surface area (Å²) in [5, 5.41) is 0. The van der Waals surface area contributed by atoms with Gasteiger partial charge in [0.15, 0.2) is 9.84 Å². The molecule has 0 spiro atoms. The number of halogens is 2. The minimum absolute atomic E-state index is 0.00883. The fourth-order valence-electron chi connectivity index (χ4n) is 4.20. The fraction of sp³-hybridized carbons (Fsp3) is 0.200. The Morgan fingerprint density at radius 2 is 1.91 bits per heavy atom. The summed E-state index contributed by atoms with van der Waals surface area (Å²) in [6, 6.07) is 7.09. The second-order valence-corrected chi connectivity index (χ2v) is 10.2. The lowest BCUT2D eigenvalue weighted by molar-refractivity contribution is 0.496. The number of benzene rings is 1. The van der Waals surface area contributed by atoms with Crippen molar-refractivity contribution in [3.8, 4) is 11.3 Å². The molecule has 0 N–H and O–H groups in total. The summed E-state index contributed by atoms with van der Waals surface area (Å²) in [7, 11) is -3.91.